The van der Waals surface area contributed by atoms with Crippen molar-refractivity contribution in [2.24, 2.45) is 5.92 Å². The molecule has 6 nitrogen and oxygen atoms in total. The molecule has 2 rings (SSSR count). The van der Waals surface area contributed by atoms with E-state index in [1.807, 2.05) is 70.1 Å². The van der Waals surface area contributed by atoms with E-state index in [0.717, 1.165) is 22.7 Å². The number of hydrogen-bond acceptors (Lipinski definition) is 4. The number of hydrogen-bond donors (Lipinski definition) is 1. The summed E-state index contributed by atoms with van der Waals surface area (Å²) in [5, 5.41) is 2.89. The number of furan rings is 1. The number of nitrogens with one attached hydrogen (secondary N) is 1. The molecule has 0 bridgehead atoms. The summed E-state index contributed by atoms with van der Waals surface area (Å²) in [5.74, 6) is 0.639. The lowest BCUT2D eigenvalue weighted by atomic mass is 10.1. The molecule has 0 unspecified atom stereocenters. The summed E-state index contributed by atoms with van der Waals surface area (Å²) in [7, 11) is 3.93. The molecule has 0 fully saturated rings. The van der Waals surface area contributed by atoms with Crippen molar-refractivity contribution >= 4 is 23.2 Å². The zero-order chi connectivity index (χ0) is 20.0. The van der Waals surface area contributed by atoms with Gasteiger partial charge >= 0.3 is 0 Å². The van der Waals surface area contributed by atoms with Crippen LogP contribution >= 0.6 is 0 Å². The smallest absolute Gasteiger partial charge is 0.225 e. The van der Waals surface area contributed by atoms with Gasteiger partial charge < -0.3 is 19.5 Å². The molecule has 0 saturated heterocycles. The quantitative estimate of drug-likeness (QED) is 0.765. The van der Waals surface area contributed by atoms with Crippen molar-refractivity contribution < 1.29 is 14.0 Å². The van der Waals surface area contributed by atoms with Crippen molar-refractivity contribution in [2.45, 2.75) is 40.3 Å². The number of benzene rings is 1. The summed E-state index contributed by atoms with van der Waals surface area (Å²) in [6.45, 7) is 6.44. The Morgan fingerprint density at radius 3 is 2.44 bits per heavy atom. The van der Waals surface area contributed by atoms with Gasteiger partial charge in [0.2, 0.25) is 11.8 Å². The van der Waals surface area contributed by atoms with E-state index in [2.05, 4.69) is 5.32 Å². The fourth-order valence-electron chi connectivity index (χ4n) is 2.85. The molecule has 27 heavy (non-hydrogen) atoms. The molecule has 0 aliphatic carbocycles. The minimum absolute atomic E-state index is 0.0377. The van der Waals surface area contributed by atoms with Gasteiger partial charge in [-0.1, -0.05) is 20.8 Å². The van der Waals surface area contributed by atoms with E-state index in [1.165, 1.54) is 0 Å². The van der Waals surface area contributed by atoms with E-state index in [-0.39, 0.29) is 17.7 Å². The summed E-state index contributed by atoms with van der Waals surface area (Å²) >= 11 is 0. The van der Waals surface area contributed by atoms with Crippen LogP contribution in [0.1, 0.15) is 38.5 Å². The van der Waals surface area contributed by atoms with Crippen LogP contribution in [0.25, 0.3) is 0 Å². The van der Waals surface area contributed by atoms with Gasteiger partial charge in [-0.3, -0.25) is 9.59 Å². The van der Waals surface area contributed by atoms with E-state index in [9.17, 15) is 9.59 Å². The molecule has 1 aromatic carbocycles. The second-order valence-corrected chi connectivity index (χ2v) is 7.07. The van der Waals surface area contributed by atoms with Crippen molar-refractivity contribution in [1.29, 1.82) is 0 Å². The van der Waals surface area contributed by atoms with Crippen molar-refractivity contribution in [1.82, 2.24) is 4.90 Å². The monoisotopic (exact) mass is 371 g/mol. The molecule has 0 atom stereocenters. The number of nitrogens with zero attached hydrogens (tertiary/aromatic N) is 2. The van der Waals surface area contributed by atoms with E-state index in [1.54, 1.807) is 11.2 Å². The molecule has 0 radical (unpaired) electrons. The van der Waals surface area contributed by atoms with E-state index in [0.29, 0.717) is 19.5 Å². The third kappa shape index (κ3) is 5.61. The largest absolute Gasteiger partial charge is 0.467 e. The molecule has 6 heteroatoms. The van der Waals surface area contributed by atoms with Crippen LogP contribution in [-0.4, -0.2) is 30.8 Å². The maximum atomic E-state index is 12.8. The minimum atomic E-state index is -0.120. The number of rotatable bonds is 8. The Morgan fingerprint density at radius 2 is 1.89 bits per heavy atom. The van der Waals surface area contributed by atoms with Gasteiger partial charge in [0.15, 0.2) is 0 Å². The van der Waals surface area contributed by atoms with Gasteiger partial charge in [0.1, 0.15) is 5.76 Å². The van der Waals surface area contributed by atoms with Gasteiger partial charge in [0.05, 0.1) is 12.8 Å². The Balaban J connectivity index is 2.34. The Labute approximate surface area is 161 Å². The number of carbonyl (C=O) groups excluding carboxylic acids is 2. The maximum absolute atomic E-state index is 12.8. The van der Waals surface area contributed by atoms with E-state index < -0.39 is 0 Å². The van der Waals surface area contributed by atoms with Crippen LogP contribution in [0.15, 0.2) is 41.0 Å². The molecule has 1 N–H and O–H groups in total. The Kier molecular flexibility index (Phi) is 7.05. The first-order valence-corrected chi connectivity index (χ1v) is 9.23. The van der Waals surface area contributed by atoms with Crippen LogP contribution in [-0.2, 0) is 22.7 Å². The van der Waals surface area contributed by atoms with Crippen molar-refractivity contribution in [2.75, 3.05) is 24.3 Å². The van der Waals surface area contributed by atoms with Crippen LogP contribution in [0, 0.1) is 5.92 Å². The lowest BCUT2D eigenvalue weighted by Crippen LogP contribution is -2.33. The van der Waals surface area contributed by atoms with Gasteiger partial charge in [-0.25, -0.2) is 0 Å². The molecular formula is C21H29N3O3. The number of anilines is 2. The fraction of sp³-hybridized carbons (Fsp3) is 0.429. The third-order valence-corrected chi connectivity index (χ3v) is 4.26. The molecule has 0 saturated carbocycles. The van der Waals surface area contributed by atoms with Gasteiger partial charge in [0.25, 0.3) is 0 Å². The van der Waals surface area contributed by atoms with E-state index >= 15 is 0 Å². The predicted molar refractivity (Wildman–Crippen MR) is 107 cm³/mol. The summed E-state index contributed by atoms with van der Waals surface area (Å²) in [6.07, 6.45) is 2.03. The maximum Gasteiger partial charge on any atom is 0.225 e. The second-order valence-electron chi connectivity index (χ2n) is 7.07. The molecule has 1 heterocycles. The fourth-order valence-corrected chi connectivity index (χ4v) is 2.85. The molecule has 0 spiro atoms. The summed E-state index contributed by atoms with van der Waals surface area (Å²) < 4.78 is 5.44. The Hall–Kier alpha value is -2.76. The summed E-state index contributed by atoms with van der Waals surface area (Å²) in [5.41, 5.74) is 2.71. The highest BCUT2D eigenvalue weighted by atomic mass is 16.3. The van der Waals surface area contributed by atoms with Gasteiger partial charge in [0, 0.05) is 44.4 Å². The highest BCUT2D eigenvalue weighted by molar-refractivity contribution is 5.91. The molecule has 0 aliphatic heterocycles. The van der Waals surface area contributed by atoms with Crippen LogP contribution in [0.3, 0.4) is 0 Å². The highest BCUT2D eigenvalue weighted by Gasteiger charge is 2.21. The number of carbonyl (C=O) groups is 2. The van der Waals surface area contributed by atoms with Crippen LogP contribution in [0.4, 0.5) is 11.4 Å². The zero-order valence-electron chi connectivity index (χ0n) is 16.8. The molecule has 146 valence electrons. The molecular weight excluding hydrogens is 342 g/mol. The lowest BCUT2D eigenvalue weighted by molar-refractivity contribution is -0.136. The predicted octanol–water partition coefficient (Wildman–Crippen LogP) is 3.88. The standard InChI is InChI=1S/C21H29N3O3/c1-6-20(25)22-17-9-10-19(23(4)5)16(12-17)13-24(21(26)15(2)3)14-18-8-7-11-27-18/h7-12,15H,6,13-14H2,1-5H3,(H,22,25). The Morgan fingerprint density at radius 1 is 1.15 bits per heavy atom. The second kappa shape index (κ2) is 9.26. The van der Waals surface area contributed by atoms with Crippen molar-refractivity contribution in [3.63, 3.8) is 0 Å². The average Bonchev–Trinajstić information content (AvgIpc) is 3.13. The average molecular weight is 371 g/mol. The molecule has 2 aromatic rings. The molecule has 0 aliphatic rings. The first-order chi connectivity index (χ1) is 12.8. The minimum Gasteiger partial charge on any atom is -0.467 e. The summed E-state index contributed by atoms with van der Waals surface area (Å²) in [4.78, 5) is 28.3. The van der Waals surface area contributed by atoms with Gasteiger partial charge in [-0.15, -0.1) is 0 Å². The van der Waals surface area contributed by atoms with Gasteiger partial charge in [-0.05, 0) is 35.9 Å². The van der Waals surface area contributed by atoms with Crippen LogP contribution < -0.4 is 10.2 Å². The SMILES string of the molecule is CCC(=O)Nc1ccc(N(C)C)c(CN(Cc2ccco2)C(=O)C(C)C)c1. The normalized spacial score (nSPS) is 10.7. The first kappa shape index (κ1) is 20.6. The molecule has 2 amide bonds. The highest BCUT2D eigenvalue weighted by Crippen LogP contribution is 2.26. The third-order valence-electron chi connectivity index (χ3n) is 4.26. The number of amides is 2. The van der Waals surface area contributed by atoms with Crippen molar-refractivity contribution in [3.8, 4) is 0 Å². The van der Waals surface area contributed by atoms with Crippen LogP contribution in [0.2, 0.25) is 0 Å². The first-order valence-electron chi connectivity index (χ1n) is 9.23. The Bertz CT molecular complexity index is 767. The zero-order valence-corrected chi connectivity index (χ0v) is 16.8. The van der Waals surface area contributed by atoms with Crippen molar-refractivity contribution in [3.05, 3.63) is 47.9 Å². The van der Waals surface area contributed by atoms with Crippen LogP contribution in [0.5, 0.6) is 0 Å². The molecule has 1 aromatic heterocycles. The van der Waals surface area contributed by atoms with E-state index in [4.69, 9.17) is 4.42 Å². The lowest BCUT2D eigenvalue weighted by Gasteiger charge is -2.27. The topological polar surface area (TPSA) is 65.8 Å². The van der Waals surface area contributed by atoms with Gasteiger partial charge in [-0.2, -0.15) is 0 Å². The summed E-state index contributed by atoms with van der Waals surface area (Å²) in [6, 6.07) is 9.47.